The Morgan fingerprint density at radius 3 is 2.68 bits per heavy atom. The molecule has 3 amide bonds. The van der Waals surface area contributed by atoms with E-state index in [0.29, 0.717) is 13.0 Å². The molecule has 0 heterocycles. The van der Waals surface area contributed by atoms with Gasteiger partial charge in [0.25, 0.3) is 5.91 Å². The normalized spacial score (nSPS) is 11.4. The molecule has 0 aliphatic carbocycles. The molecule has 3 N–H and O–H groups in total. The Morgan fingerprint density at radius 1 is 1.32 bits per heavy atom. The first-order valence-corrected chi connectivity index (χ1v) is 6.87. The van der Waals surface area contributed by atoms with Gasteiger partial charge < -0.3 is 15.2 Å². The van der Waals surface area contributed by atoms with E-state index in [0.717, 1.165) is 11.3 Å². The minimum atomic E-state index is -1.07. The molecule has 0 fully saturated rings. The number of esters is 1. The summed E-state index contributed by atoms with van der Waals surface area (Å²) < 4.78 is 10.4. The van der Waals surface area contributed by atoms with Crippen molar-refractivity contribution < 1.29 is 23.9 Å². The van der Waals surface area contributed by atoms with Crippen LogP contribution in [0.3, 0.4) is 0 Å². The molecule has 0 aliphatic rings. The lowest BCUT2D eigenvalue weighted by molar-refractivity contribution is -0.154. The number of imide groups is 1. The molecular formula is C15H20N2O5. The quantitative estimate of drug-likeness (QED) is 0.583. The van der Waals surface area contributed by atoms with E-state index in [9.17, 15) is 14.4 Å². The lowest BCUT2D eigenvalue weighted by Crippen LogP contribution is -2.42. The van der Waals surface area contributed by atoms with Gasteiger partial charge in [0.05, 0.1) is 6.61 Å². The molecule has 0 aromatic heterocycles. The summed E-state index contributed by atoms with van der Waals surface area (Å²) in [6.07, 6.45) is -0.505. The van der Waals surface area contributed by atoms with E-state index in [1.165, 1.54) is 6.92 Å². The molecule has 1 aromatic rings. The fraction of sp³-hybridized carbons (Fsp3) is 0.400. The second-order valence-corrected chi connectivity index (χ2v) is 4.75. The Morgan fingerprint density at radius 2 is 2.05 bits per heavy atom. The Labute approximate surface area is 128 Å². The lowest BCUT2D eigenvalue weighted by Gasteiger charge is -2.12. The molecular weight excluding hydrogens is 288 g/mol. The van der Waals surface area contributed by atoms with E-state index in [2.05, 4.69) is 0 Å². The fourth-order valence-corrected chi connectivity index (χ4v) is 1.64. The minimum Gasteiger partial charge on any atom is -0.494 e. The molecule has 1 rings (SSSR count). The highest BCUT2D eigenvalue weighted by atomic mass is 16.5. The molecule has 1 aromatic carbocycles. The largest absolute Gasteiger partial charge is 0.494 e. The second-order valence-electron chi connectivity index (χ2n) is 4.75. The smallest absolute Gasteiger partial charge is 0.318 e. The van der Waals surface area contributed by atoms with E-state index in [1.807, 2.05) is 36.5 Å². The molecule has 7 heteroatoms. The zero-order chi connectivity index (χ0) is 16.5. The van der Waals surface area contributed by atoms with Crippen LogP contribution in [0.2, 0.25) is 0 Å². The molecule has 0 bridgehead atoms. The van der Waals surface area contributed by atoms with Gasteiger partial charge in [-0.1, -0.05) is 12.1 Å². The highest BCUT2D eigenvalue weighted by Gasteiger charge is 2.18. The van der Waals surface area contributed by atoms with Crippen LogP contribution in [0.1, 0.15) is 25.3 Å². The second kappa shape index (κ2) is 8.66. The number of benzene rings is 1. The Kier molecular flexibility index (Phi) is 6.88. The van der Waals surface area contributed by atoms with Gasteiger partial charge in [-0.05, 0) is 38.0 Å². The molecule has 0 saturated heterocycles. The van der Waals surface area contributed by atoms with Gasteiger partial charge in [-0.25, -0.2) is 4.79 Å². The number of carbonyl (C=O) groups is 3. The van der Waals surface area contributed by atoms with Crippen LogP contribution in [-0.4, -0.2) is 30.6 Å². The van der Waals surface area contributed by atoms with E-state index in [4.69, 9.17) is 15.2 Å². The van der Waals surface area contributed by atoms with E-state index in [-0.39, 0.29) is 6.42 Å². The van der Waals surface area contributed by atoms with Crippen LogP contribution in [0, 0.1) is 6.92 Å². The average molecular weight is 308 g/mol. The summed E-state index contributed by atoms with van der Waals surface area (Å²) in [5, 5.41) is 1.84. The number of hydrogen-bond donors (Lipinski definition) is 2. The number of carbonyl (C=O) groups excluding carboxylic acids is 3. The molecule has 7 nitrogen and oxygen atoms in total. The summed E-state index contributed by atoms with van der Waals surface area (Å²) in [6.45, 7) is 3.68. The number of urea groups is 1. The number of primary amides is 1. The van der Waals surface area contributed by atoms with Crippen LogP contribution < -0.4 is 15.8 Å². The fourth-order valence-electron chi connectivity index (χ4n) is 1.64. The third-order valence-corrected chi connectivity index (χ3v) is 2.71. The summed E-state index contributed by atoms with van der Waals surface area (Å²) in [5.74, 6) is -0.556. The van der Waals surface area contributed by atoms with Crippen LogP contribution in [0.25, 0.3) is 0 Å². The lowest BCUT2D eigenvalue weighted by atomic mass is 10.2. The zero-order valence-electron chi connectivity index (χ0n) is 12.6. The van der Waals surface area contributed by atoms with Crippen LogP contribution in [0.5, 0.6) is 5.75 Å². The number of rotatable bonds is 7. The van der Waals surface area contributed by atoms with Crippen molar-refractivity contribution in [2.24, 2.45) is 5.73 Å². The topological polar surface area (TPSA) is 108 Å². The van der Waals surface area contributed by atoms with Gasteiger partial charge >= 0.3 is 12.0 Å². The van der Waals surface area contributed by atoms with Crippen molar-refractivity contribution in [2.45, 2.75) is 32.8 Å². The first-order valence-electron chi connectivity index (χ1n) is 6.87. The van der Waals surface area contributed by atoms with Crippen molar-refractivity contribution in [1.29, 1.82) is 0 Å². The average Bonchev–Trinajstić information content (AvgIpc) is 2.43. The molecule has 0 aliphatic heterocycles. The Balaban J connectivity index is 2.23. The maximum absolute atomic E-state index is 11.5. The standard InChI is InChI=1S/C15H20N2O5/c1-10-5-3-6-12(9-10)21-8-4-7-13(18)22-11(2)14(19)17-15(16)20/h3,5-6,9,11H,4,7-8H2,1-2H3,(H3,16,17,19,20). The van der Waals surface area contributed by atoms with Gasteiger partial charge in [0, 0.05) is 6.42 Å². The summed E-state index contributed by atoms with van der Waals surface area (Å²) in [7, 11) is 0. The van der Waals surface area contributed by atoms with E-state index in [1.54, 1.807) is 0 Å². The van der Waals surface area contributed by atoms with Crippen molar-refractivity contribution in [1.82, 2.24) is 5.32 Å². The third-order valence-electron chi connectivity index (χ3n) is 2.71. The van der Waals surface area contributed by atoms with Crippen LogP contribution in [-0.2, 0) is 14.3 Å². The van der Waals surface area contributed by atoms with Crippen molar-refractivity contribution in [2.75, 3.05) is 6.61 Å². The number of ether oxygens (including phenoxy) is 2. The first kappa shape index (κ1) is 17.5. The maximum Gasteiger partial charge on any atom is 0.318 e. The van der Waals surface area contributed by atoms with E-state index >= 15 is 0 Å². The molecule has 1 atom stereocenters. The predicted molar refractivity (Wildman–Crippen MR) is 79.2 cm³/mol. The third kappa shape index (κ3) is 6.74. The monoisotopic (exact) mass is 308 g/mol. The molecule has 0 spiro atoms. The molecule has 1 unspecified atom stereocenters. The molecule has 0 saturated carbocycles. The summed E-state index contributed by atoms with van der Waals surface area (Å²) in [6, 6.07) is 6.59. The summed E-state index contributed by atoms with van der Waals surface area (Å²) in [5.41, 5.74) is 5.89. The van der Waals surface area contributed by atoms with Crippen molar-refractivity contribution in [3.63, 3.8) is 0 Å². The highest BCUT2D eigenvalue weighted by molar-refractivity contribution is 5.96. The number of amides is 3. The Bertz CT molecular complexity index is 544. The van der Waals surface area contributed by atoms with Crippen LogP contribution in [0.4, 0.5) is 4.79 Å². The van der Waals surface area contributed by atoms with Crippen molar-refractivity contribution in [3.8, 4) is 5.75 Å². The maximum atomic E-state index is 11.5. The van der Waals surface area contributed by atoms with Gasteiger partial charge in [0.15, 0.2) is 6.10 Å². The van der Waals surface area contributed by atoms with Gasteiger partial charge in [-0.15, -0.1) is 0 Å². The molecule has 22 heavy (non-hydrogen) atoms. The van der Waals surface area contributed by atoms with Gasteiger partial charge in [0.2, 0.25) is 0 Å². The predicted octanol–water partition coefficient (Wildman–Crippen LogP) is 1.28. The van der Waals surface area contributed by atoms with Crippen LogP contribution >= 0.6 is 0 Å². The minimum absolute atomic E-state index is 0.111. The number of hydrogen-bond acceptors (Lipinski definition) is 5. The van der Waals surface area contributed by atoms with Crippen molar-refractivity contribution >= 4 is 17.9 Å². The summed E-state index contributed by atoms with van der Waals surface area (Å²) >= 11 is 0. The number of nitrogens with one attached hydrogen (secondary N) is 1. The number of aryl methyl sites for hydroxylation is 1. The van der Waals surface area contributed by atoms with Gasteiger partial charge in [-0.2, -0.15) is 0 Å². The first-order chi connectivity index (χ1) is 10.4. The number of nitrogens with two attached hydrogens (primary N) is 1. The SMILES string of the molecule is Cc1cccc(OCCCC(=O)OC(C)C(=O)NC(N)=O)c1. The summed E-state index contributed by atoms with van der Waals surface area (Å²) in [4.78, 5) is 33.4. The van der Waals surface area contributed by atoms with E-state index < -0.39 is 24.0 Å². The van der Waals surface area contributed by atoms with Gasteiger partial charge in [0.1, 0.15) is 5.75 Å². The van der Waals surface area contributed by atoms with Crippen LogP contribution in [0.15, 0.2) is 24.3 Å². The highest BCUT2D eigenvalue weighted by Crippen LogP contribution is 2.12. The zero-order valence-corrected chi connectivity index (χ0v) is 12.6. The molecule has 0 radical (unpaired) electrons. The van der Waals surface area contributed by atoms with Gasteiger partial charge in [-0.3, -0.25) is 14.9 Å². The molecule has 120 valence electrons. The van der Waals surface area contributed by atoms with Crippen molar-refractivity contribution in [3.05, 3.63) is 29.8 Å². The Hall–Kier alpha value is -2.57.